The van der Waals surface area contributed by atoms with E-state index in [4.69, 9.17) is 21.7 Å². The second kappa shape index (κ2) is 7.95. The summed E-state index contributed by atoms with van der Waals surface area (Å²) in [5.74, 6) is 0.807. The van der Waals surface area contributed by atoms with Crippen LogP contribution in [0.25, 0.3) is 0 Å². The average molecular weight is 307 g/mol. The largest absolute Gasteiger partial charge is 0.497 e. The van der Waals surface area contributed by atoms with E-state index in [-0.39, 0.29) is 6.10 Å². The lowest BCUT2D eigenvalue weighted by Crippen LogP contribution is -2.37. The Bertz CT molecular complexity index is 513. The van der Waals surface area contributed by atoms with Crippen LogP contribution in [0.1, 0.15) is 25.3 Å². The van der Waals surface area contributed by atoms with Gasteiger partial charge in [-0.2, -0.15) is 5.10 Å². The second-order valence-electron chi connectivity index (χ2n) is 4.89. The molecule has 0 amide bonds. The first-order chi connectivity index (χ1) is 10.2. The van der Waals surface area contributed by atoms with Crippen molar-refractivity contribution < 1.29 is 9.47 Å². The van der Waals surface area contributed by atoms with Gasteiger partial charge in [0.05, 0.1) is 18.9 Å². The molecule has 1 aromatic carbocycles. The minimum atomic E-state index is 0.258. The summed E-state index contributed by atoms with van der Waals surface area (Å²) in [4.78, 5) is 0. The van der Waals surface area contributed by atoms with Crippen molar-refractivity contribution in [3.8, 4) is 5.75 Å². The topological polar surface area (TPSA) is 54.9 Å². The quantitative estimate of drug-likeness (QED) is 0.495. The predicted octanol–water partition coefficient (Wildman–Crippen LogP) is 2.06. The van der Waals surface area contributed by atoms with E-state index in [2.05, 4.69) is 15.8 Å². The van der Waals surface area contributed by atoms with Crippen LogP contribution in [0, 0.1) is 0 Å². The molecule has 2 N–H and O–H groups in total. The Kier molecular flexibility index (Phi) is 5.95. The molecule has 2 rings (SSSR count). The lowest BCUT2D eigenvalue weighted by molar-refractivity contribution is 0.114. The van der Waals surface area contributed by atoms with Gasteiger partial charge in [0.25, 0.3) is 0 Å². The third-order valence-electron chi connectivity index (χ3n) is 3.33. The molecule has 6 heteroatoms. The first kappa shape index (κ1) is 15.7. The first-order valence-corrected chi connectivity index (χ1v) is 7.44. The van der Waals surface area contributed by atoms with E-state index in [0.29, 0.717) is 5.11 Å². The third-order valence-corrected chi connectivity index (χ3v) is 3.56. The number of hydrazone groups is 1. The second-order valence-corrected chi connectivity index (χ2v) is 5.29. The smallest absolute Gasteiger partial charge is 0.187 e. The van der Waals surface area contributed by atoms with Crippen LogP contribution >= 0.6 is 12.2 Å². The summed E-state index contributed by atoms with van der Waals surface area (Å²) in [6.45, 7) is 3.49. The molecule has 0 aliphatic carbocycles. The molecule has 1 aliphatic heterocycles. The van der Waals surface area contributed by atoms with Gasteiger partial charge in [0, 0.05) is 18.7 Å². The van der Waals surface area contributed by atoms with E-state index in [1.807, 2.05) is 31.2 Å². The summed E-state index contributed by atoms with van der Waals surface area (Å²) in [5.41, 5.74) is 4.69. The molecule has 114 valence electrons. The number of hydrogen-bond acceptors (Lipinski definition) is 4. The summed E-state index contributed by atoms with van der Waals surface area (Å²) in [6.07, 6.45) is 2.47. The molecular formula is C15H21N3O2S. The maximum atomic E-state index is 5.52. The zero-order valence-electron chi connectivity index (χ0n) is 12.4. The molecule has 0 radical (unpaired) electrons. The van der Waals surface area contributed by atoms with Crippen LogP contribution in [0.2, 0.25) is 0 Å². The van der Waals surface area contributed by atoms with Crippen LogP contribution in [0.15, 0.2) is 29.4 Å². The maximum absolute atomic E-state index is 5.52. The Labute approximate surface area is 130 Å². The number of hydrogen-bond donors (Lipinski definition) is 2. The molecule has 0 spiro atoms. The van der Waals surface area contributed by atoms with Crippen molar-refractivity contribution in [2.45, 2.75) is 25.9 Å². The zero-order chi connectivity index (χ0) is 15.1. The lowest BCUT2D eigenvalue weighted by Gasteiger charge is -2.12. The van der Waals surface area contributed by atoms with Crippen molar-refractivity contribution >= 4 is 23.0 Å². The van der Waals surface area contributed by atoms with Crippen LogP contribution in [0.5, 0.6) is 5.75 Å². The van der Waals surface area contributed by atoms with Crippen molar-refractivity contribution in [1.82, 2.24) is 10.7 Å². The highest BCUT2D eigenvalue weighted by Gasteiger charge is 2.15. The van der Waals surface area contributed by atoms with Crippen LogP contribution in [0.3, 0.4) is 0 Å². The minimum Gasteiger partial charge on any atom is -0.497 e. The van der Waals surface area contributed by atoms with Crippen molar-refractivity contribution in [1.29, 1.82) is 0 Å². The minimum absolute atomic E-state index is 0.258. The van der Waals surface area contributed by atoms with E-state index in [1.54, 1.807) is 7.11 Å². The molecule has 1 saturated heterocycles. The maximum Gasteiger partial charge on any atom is 0.187 e. The molecule has 1 atom stereocenters. The molecule has 0 unspecified atom stereocenters. The van der Waals surface area contributed by atoms with Crippen LogP contribution in [-0.4, -0.2) is 37.2 Å². The first-order valence-electron chi connectivity index (χ1n) is 7.03. The highest BCUT2D eigenvalue weighted by atomic mass is 32.1. The molecule has 0 bridgehead atoms. The van der Waals surface area contributed by atoms with Gasteiger partial charge in [-0.1, -0.05) is 12.1 Å². The highest BCUT2D eigenvalue weighted by molar-refractivity contribution is 7.80. The normalized spacial score (nSPS) is 18.4. The van der Waals surface area contributed by atoms with Gasteiger partial charge in [-0.05, 0) is 44.1 Å². The number of thiocarbonyl (C=S) groups is 1. The van der Waals surface area contributed by atoms with Gasteiger partial charge in [-0.25, -0.2) is 0 Å². The third kappa shape index (κ3) is 4.99. The Morgan fingerprint density at radius 1 is 1.52 bits per heavy atom. The molecule has 0 aromatic heterocycles. The standard InChI is InChI=1S/C15H21N3O2S/c1-11(12-5-3-6-13(9-12)19-2)17-18-15(21)16-10-14-7-4-8-20-14/h3,5-6,9,14H,4,7-8,10H2,1-2H3,(H2,16,18,21)/b17-11-/t14-/m1/s1. The van der Waals surface area contributed by atoms with E-state index < -0.39 is 0 Å². The molecule has 1 fully saturated rings. The average Bonchev–Trinajstić information content (AvgIpc) is 3.04. The number of rotatable bonds is 5. The number of ether oxygens (including phenoxy) is 2. The van der Waals surface area contributed by atoms with Crippen molar-refractivity contribution in [2.24, 2.45) is 5.10 Å². The molecule has 1 aromatic rings. The SMILES string of the molecule is COc1cccc(/C(C)=N\NC(=S)NC[C@H]2CCCO2)c1. The van der Waals surface area contributed by atoms with E-state index in [1.165, 1.54) is 0 Å². The van der Waals surface area contributed by atoms with Gasteiger partial charge in [0.2, 0.25) is 0 Å². The molecule has 5 nitrogen and oxygen atoms in total. The summed E-state index contributed by atoms with van der Waals surface area (Å²) in [5, 5.41) is 7.91. The lowest BCUT2D eigenvalue weighted by atomic mass is 10.1. The van der Waals surface area contributed by atoms with Crippen LogP contribution in [-0.2, 0) is 4.74 Å². The highest BCUT2D eigenvalue weighted by Crippen LogP contribution is 2.13. The van der Waals surface area contributed by atoms with E-state index >= 15 is 0 Å². The number of nitrogens with zero attached hydrogens (tertiary/aromatic N) is 1. The summed E-state index contributed by atoms with van der Waals surface area (Å²) in [6, 6.07) is 7.74. The Hall–Kier alpha value is -1.66. The molecule has 21 heavy (non-hydrogen) atoms. The summed E-state index contributed by atoms with van der Waals surface area (Å²) < 4.78 is 10.7. The van der Waals surface area contributed by atoms with E-state index in [0.717, 1.165) is 43.0 Å². The van der Waals surface area contributed by atoms with Gasteiger partial charge < -0.3 is 14.8 Å². The monoisotopic (exact) mass is 307 g/mol. The Balaban J connectivity index is 1.82. The van der Waals surface area contributed by atoms with Crippen molar-refractivity contribution in [3.63, 3.8) is 0 Å². The van der Waals surface area contributed by atoms with Crippen LogP contribution in [0.4, 0.5) is 0 Å². The van der Waals surface area contributed by atoms with Crippen LogP contribution < -0.4 is 15.5 Å². The number of benzene rings is 1. The fraction of sp³-hybridized carbons (Fsp3) is 0.467. The van der Waals surface area contributed by atoms with Gasteiger partial charge in [0.1, 0.15) is 5.75 Å². The number of nitrogens with one attached hydrogen (secondary N) is 2. The fourth-order valence-electron chi connectivity index (χ4n) is 2.10. The van der Waals surface area contributed by atoms with Gasteiger partial charge in [-0.15, -0.1) is 0 Å². The molecule has 0 saturated carbocycles. The van der Waals surface area contributed by atoms with E-state index in [9.17, 15) is 0 Å². The molecular weight excluding hydrogens is 286 g/mol. The fourth-order valence-corrected chi connectivity index (χ4v) is 2.23. The van der Waals surface area contributed by atoms with Gasteiger partial charge in [0.15, 0.2) is 5.11 Å². The zero-order valence-corrected chi connectivity index (χ0v) is 13.2. The Morgan fingerprint density at radius 3 is 3.10 bits per heavy atom. The summed E-state index contributed by atoms with van der Waals surface area (Å²) >= 11 is 5.20. The molecule has 1 aliphatic rings. The predicted molar refractivity (Wildman–Crippen MR) is 87.9 cm³/mol. The van der Waals surface area contributed by atoms with Crippen molar-refractivity contribution in [2.75, 3.05) is 20.3 Å². The van der Waals surface area contributed by atoms with Crippen molar-refractivity contribution in [3.05, 3.63) is 29.8 Å². The van der Waals surface area contributed by atoms with Gasteiger partial charge >= 0.3 is 0 Å². The summed E-state index contributed by atoms with van der Waals surface area (Å²) in [7, 11) is 1.65. The molecule has 1 heterocycles. The Morgan fingerprint density at radius 2 is 2.38 bits per heavy atom. The van der Waals surface area contributed by atoms with Gasteiger partial charge in [-0.3, -0.25) is 5.43 Å². The number of methoxy groups -OCH3 is 1.